The third-order valence-electron chi connectivity index (χ3n) is 6.45. The van der Waals surface area contributed by atoms with Gasteiger partial charge in [-0.2, -0.15) is 0 Å². The Morgan fingerprint density at radius 2 is 1.40 bits per heavy atom. The molecule has 0 saturated heterocycles. The Balaban J connectivity index is 1.13. The van der Waals surface area contributed by atoms with Crippen LogP contribution in [0.25, 0.3) is 0 Å². The molecule has 4 rings (SSSR count). The number of ether oxygens (including phenoxy) is 1. The maximum atomic E-state index is 13.2. The van der Waals surface area contributed by atoms with Crippen LogP contribution in [0.1, 0.15) is 41.5 Å². The van der Waals surface area contributed by atoms with Gasteiger partial charge < -0.3 is 25.4 Å². The molecule has 1 aliphatic heterocycles. The number of nitrogens with zero attached hydrogens (tertiary/aromatic N) is 1. The van der Waals surface area contributed by atoms with Crippen LogP contribution in [-0.2, 0) is 32.1 Å². The number of amides is 3. The lowest BCUT2D eigenvalue weighted by atomic mass is 10.0. The molecule has 0 fully saturated rings. The molecule has 0 spiro atoms. The fourth-order valence-electron chi connectivity index (χ4n) is 4.27. The predicted octanol–water partition coefficient (Wildman–Crippen LogP) is 3.30. The van der Waals surface area contributed by atoms with Gasteiger partial charge in [0.1, 0.15) is 5.75 Å². The van der Waals surface area contributed by atoms with Crippen molar-refractivity contribution in [2.24, 2.45) is 0 Å². The summed E-state index contributed by atoms with van der Waals surface area (Å²) in [7, 11) is 0. The van der Waals surface area contributed by atoms with Crippen molar-refractivity contribution < 1.29 is 24.2 Å². The van der Waals surface area contributed by atoms with Crippen molar-refractivity contribution in [1.82, 2.24) is 10.6 Å². The van der Waals surface area contributed by atoms with Crippen molar-refractivity contribution in [2.45, 2.75) is 32.2 Å². The number of carbonyl (C=O) groups excluding carboxylic acids is 3. The van der Waals surface area contributed by atoms with Crippen LogP contribution in [0.4, 0.5) is 5.69 Å². The van der Waals surface area contributed by atoms with E-state index in [0.29, 0.717) is 19.5 Å². The Kier molecular flexibility index (Phi) is 10.3. The smallest absolute Gasteiger partial charge is 0.229 e. The highest BCUT2D eigenvalue weighted by molar-refractivity contribution is 5.95. The zero-order valence-electron chi connectivity index (χ0n) is 22.3. The van der Waals surface area contributed by atoms with Gasteiger partial charge in [-0.15, -0.1) is 0 Å². The van der Waals surface area contributed by atoms with Crippen LogP contribution in [0.5, 0.6) is 5.75 Å². The second-order valence-electron chi connectivity index (χ2n) is 9.38. The van der Waals surface area contributed by atoms with Gasteiger partial charge >= 0.3 is 0 Å². The monoisotopic (exact) mass is 539 g/mol. The zero-order chi connectivity index (χ0) is 28.2. The molecule has 8 nitrogen and oxygen atoms in total. The molecular weight excluding hydrogens is 506 g/mol. The van der Waals surface area contributed by atoms with Gasteiger partial charge in [0.25, 0.3) is 0 Å². The number of nitrogens with one attached hydrogen (secondary N) is 2. The molecule has 0 aliphatic carbocycles. The number of hydrogen-bond donors (Lipinski definition) is 3. The van der Waals surface area contributed by atoms with Crippen LogP contribution >= 0.6 is 0 Å². The Hall–Kier alpha value is -4.61. The number of phenols is 1. The molecule has 1 aliphatic rings. The quantitative estimate of drug-likeness (QED) is 0.242. The minimum atomic E-state index is -0.213. The van der Waals surface area contributed by atoms with Gasteiger partial charge in [-0.3, -0.25) is 14.4 Å². The SMILES string of the molecule is O=C(CCOCCC(=O)NCCc1ccc(O)cc1)NCCC(=O)N1Cc2ccccc2C#Cc2ccccc21. The molecule has 0 aromatic heterocycles. The predicted molar refractivity (Wildman–Crippen MR) is 153 cm³/mol. The van der Waals surface area contributed by atoms with Gasteiger partial charge in [-0.1, -0.05) is 54.3 Å². The lowest BCUT2D eigenvalue weighted by Crippen LogP contribution is -2.35. The summed E-state index contributed by atoms with van der Waals surface area (Å²) >= 11 is 0. The number of carbonyl (C=O) groups is 3. The second kappa shape index (κ2) is 14.5. The molecule has 0 bridgehead atoms. The third kappa shape index (κ3) is 8.45. The molecule has 0 saturated carbocycles. The summed E-state index contributed by atoms with van der Waals surface area (Å²) < 4.78 is 5.44. The van der Waals surface area contributed by atoms with E-state index in [9.17, 15) is 19.5 Å². The Morgan fingerprint density at radius 3 is 2.15 bits per heavy atom. The molecule has 3 N–H and O–H groups in total. The van der Waals surface area contributed by atoms with Crippen molar-refractivity contribution in [3.8, 4) is 17.6 Å². The van der Waals surface area contributed by atoms with Gasteiger partial charge in [-0.25, -0.2) is 0 Å². The molecule has 0 radical (unpaired) electrons. The second-order valence-corrected chi connectivity index (χ2v) is 9.38. The largest absolute Gasteiger partial charge is 0.508 e. The average molecular weight is 540 g/mol. The van der Waals surface area contributed by atoms with Crippen LogP contribution in [0.15, 0.2) is 72.8 Å². The molecule has 1 heterocycles. The van der Waals surface area contributed by atoms with Crippen LogP contribution in [-0.4, -0.2) is 49.1 Å². The first-order valence-electron chi connectivity index (χ1n) is 13.4. The Labute approximate surface area is 234 Å². The third-order valence-corrected chi connectivity index (χ3v) is 6.45. The summed E-state index contributed by atoms with van der Waals surface area (Å²) in [5, 5.41) is 14.9. The number of rotatable bonds is 12. The minimum absolute atomic E-state index is 0.0982. The number of para-hydroxylation sites is 1. The molecule has 40 heavy (non-hydrogen) atoms. The van der Waals surface area contributed by atoms with E-state index in [4.69, 9.17) is 4.74 Å². The fourth-order valence-corrected chi connectivity index (χ4v) is 4.27. The van der Waals surface area contributed by atoms with Gasteiger partial charge in [0.2, 0.25) is 17.7 Å². The summed E-state index contributed by atoms with van der Waals surface area (Å²) in [6.07, 6.45) is 1.17. The Morgan fingerprint density at radius 1 is 0.775 bits per heavy atom. The summed E-state index contributed by atoms with van der Waals surface area (Å²) in [6, 6.07) is 22.2. The molecule has 3 aromatic carbocycles. The van der Waals surface area contributed by atoms with Gasteiger partial charge in [0.05, 0.1) is 25.4 Å². The summed E-state index contributed by atoms with van der Waals surface area (Å²) in [6.45, 7) is 1.53. The maximum Gasteiger partial charge on any atom is 0.229 e. The van der Waals surface area contributed by atoms with Crippen LogP contribution in [0.3, 0.4) is 0 Å². The highest BCUT2D eigenvalue weighted by Crippen LogP contribution is 2.25. The van der Waals surface area contributed by atoms with Gasteiger partial charge in [-0.05, 0) is 47.9 Å². The number of anilines is 1. The molecule has 3 aromatic rings. The Bertz CT molecular complexity index is 1390. The first-order chi connectivity index (χ1) is 19.5. The lowest BCUT2D eigenvalue weighted by Gasteiger charge is -2.26. The average Bonchev–Trinajstić information content (AvgIpc) is 2.95. The van der Waals surface area contributed by atoms with E-state index in [1.165, 1.54) is 0 Å². The zero-order valence-corrected chi connectivity index (χ0v) is 22.3. The van der Waals surface area contributed by atoms with E-state index in [-0.39, 0.29) is 62.5 Å². The summed E-state index contributed by atoms with van der Waals surface area (Å²) in [5.41, 5.74) is 4.45. The van der Waals surface area contributed by atoms with Crippen molar-refractivity contribution in [2.75, 3.05) is 31.2 Å². The van der Waals surface area contributed by atoms with E-state index >= 15 is 0 Å². The first kappa shape index (κ1) is 28.4. The van der Waals surface area contributed by atoms with Crippen LogP contribution in [0, 0.1) is 11.8 Å². The first-order valence-corrected chi connectivity index (χ1v) is 13.4. The maximum absolute atomic E-state index is 13.2. The number of benzene rings is 3. The lowest BCUT2D eigenvalue weighted by molar-refractivity contribution is -0.122. The van der Waals surface area contributed by atoms with E-state index < -0.39 is 0 Å². The highest BCUT2D eigenvalue weighted by Gasteiger charge is 2.21. The highest BCUT2D eigenvalue weighted by atomic mass is 16.5. The van der Waals surface area contributed by atoms with E-state index in [2.05, 4.69) is 22.5 Å². The van der Waals surface area contributed by atoms with Crippen molar-refractivity contribution in [1.29, 1.82) is 0 Å². The van der Waals surface area contributed by atoms with Crippen LogP contribution in [0.2, 0.25) is 0 Å². The van der Waals surface area contributed by atoms with Crippen molar-refractivity contribution >= 4 is 23.4 Å². The summed E-state index contributed by atoms with van der Waals surface area (Å²) in [4.78, 5) is 39.1. The number of aromatic hydroxyl groups is 1. The molecule has 0 atom stereocenters. The molecular formula is C32H33N3O5. The fraction of sp³-hybridized carbons (Fsp3) is 0.281. The molecule has 3 amide bonds. The standard InChI is InChI=1S/C32H33N3O5/c36-28-13-9-24(10-14-28)15-19-33-30(37)17-21-40-22-18-31(38)34-20-16-32(39)35-23-27-7-2-1-5-25(27)11-12-26-6-3-4-8-29(26)35/h1-10,13-14,36H,15-23H2,(H,33,37)(H,34,38). The summed E-state index contributed by atoms with van der Waals surface area (Å²) in [5.74, 6) is 6.16. The van der Waals surface area contributed by atoms with Crippen molar-refractivity contribution in [3.63, 3.8) is 0 Å². The van der Waals surface area contributed by atoms with Crippen molar-refractivity contribution in [3.05, 3.63) is 95.1 Å². The molecule has 0 unspecified atom stereocenters. The van der Waals surface area contributed by atoms with E-state index in [1.807, 2.05) is 60.7 Å². The van der Waals surface area contributed by atoms with E-state index in [1.54, 1.807) is 17.0 Å². The number of fused-ring (bicyclic) bond motifs is 2. The van der Waals surface area contributed by atoms with Crippen LogP contribution < -0.4 is 15.5 Å². The normalized spacial score (nSPS) is 11.7. The van der Waals surface area contributed by atoms with Gasteiger partial charge in [0, 0.05) is 43.5 Å². The van der Waals surface area contributed by atoms with E-state index in [0.717, 1.165) is 27.9 Å². The number of hydrogen-bond acceptors (Lipinski definition) is 5. The molecule has 8 heteroatoms. The number of phenolic OH excluding ortho intramolecular Hbond substituents is 1. The minimum Gasteiger partial charge on any atom is -0.508 e. The van der Waals surface area contributed by atoms with Gasteiger partial charge in [0.15, 0.2) is 0 Å². The molecule has 206 valence electrons. The topological polar surface area (TPSA) is 108 Å².